The van der Waals surface area contributed by atoms with Gasteiger partial charge < -0.3 is 0 Å². The van der Waals surface area contributed by atoms with Crippen LogP contribution in [0.4, 0.5) is 0 Å². The minimum Gasteiger partial charge on any atom is -0.0999 e. The van der Waals surface area contributed by atoms with Crippen molar-refractivity contribution in [3.63, 3.8) is 0 Å². The molecule has 0 heteroatoms. The van der Waals surface area contributed by atoms with Crippen LogP contribution in [-0.2, 0) is 0 Å². The monoisotopic (exact) mass is 166 g/mol. The molecule has 0 aromatic rings. The van der Waals surface area contributed by atoms with Gasteiger partial charge in [-0.2, -0.15) is 0 Å². The first-order chi connectivity index (χ1) is 5.41. The molecule has 1 saturated carbocycles. The van der Waals surface area contributed by atoms with Crippen LogP contribution in [0, 0.1) is 17.3 Å². The Balaban J connectivity index is 2.51. The predicted octanol–water partition coefficient (Wildman–Crippen LogP) is 4.02. The Morgan fingerprint density at radius 1 is 1.25 bits per heavy atom. The Hall–Kier alpha value is -0.260. The molecule has 0 aliphatic heterocycles. The van der Waals surface area contributed by atoms with E-state index in [0.717, 1.165) is 11.8 Å². The van der Waals surface area contributed by atoms with E-state index >= 15 is 0 Å². The summed E-state index contributed by atoms with van der Waals surface area (Å²) in [5.74, 6) is 1.73. The fourth-order valence-electron chi connectivity index (χ4n) is 2.22. The molecule has 0 saturated heterocycles. The van der Waals surface area contributed by atoms with Gasteiger partial charge in [0.05, 0.1) is 0 Å². The third-order valence-electron chi connectivity index (χ3n) is 3.35. The highest BCUT2D eigenvalue weighted by Crippen LogP contribution is 2.43. The summed E-state index contributed by atoms with van der Waals surface area (Å²) in [6.45, 7) is 13.3. The molecule has 70 valence electrons. The van der Waals surface area contributed by atoms with E-state index in [1.807, 2.05) is 0 Å². The lowest BCUT2D eigenvalue weighted by atomic mass is 9.79. The Morgan fingerprint density at radius 3 is 2.08 bits per heavy atom. The van der Waals surface area contributed by atoms with Gasteiger partial charge in [-0.3, -0.25) is 0 Å². The highest BCUT2D eigenvalue weighted by Gasteiger charge is 2.32. The van der Waals surface area contributed by atoms with E-state index in [4.69, 9.17) is 0 Å². The molecule has 1 fully saturated rings. The molecular weight excluding hydrogens is 144 g/mol. The Morgan fingerprint density at radius 2 is 1.83 bits per heavy atom. The first kappa shape index (κ1) is 9.83. The number of hydrogen-bond acceptors (Lipinski definition) is 0. The SMILES string of the molecule is C=C(C)C1CCC(C(C)(C)C)C1. The maximum Gasteiger partial charge on any atom is -0.0206 e. The van der Waals surface area contributed by atoms with Gasteiger partial charge in [-0.05, 0) is 43.4 Å². The van der Waals surface area contributed by atoms with Gasteiger partial charge in [-0.25, -0.2) is 0 Å². The minimum atomic E-state index is 0.504. The lowest BCUT2D eigenvalue weighted by molar-refractivity contribution is 0.242. The second-order valence-electron chi connectivity index (χ2n) is 5.42. The van der Waals surface area contributed by atoms with Crippen molar-refractivity contribution in [2.24, 2.45) is 17.3 Å². The number of rotatable bonds is 1. The first-order valence-corrected chi connectivity index (χ1v) is 5.06. The Labute approximate surface area is 77.1 Å². The highest BCUT2D eigenvalue weighted by molar-refractivity contribution is 5.01. The van der Waals surface area contributed by atoms with Crippen LogP contribution in [0.25, 0.3) is 0 Å². The molecule has 0 aromatic carbocycles. The lowest BCUT2D eigenvalue weighted by Gasteiger charge is -2.27. The minimum absolute atomic E-state index is 0.504. The lowest BCUT2D eigenvalue weighted by Crippen LogP contribution is -2.17. The maximum absolute atomic E-state index is 4.05. The van der Waals surface area contributed by atoms with Crippen molar-refractivity contribution >= 4 is 0 Å². The van der Waals surface area contributed by atoms with E-state index in [-0.39, 0.29) is 0 Å². The average Bonchev–Trinajstić information content (AvgIpc) is 2.30. The molecule has 0 N–H and O–H groups in total. The van der Waals surface area contributed by atoms with Crippen molar-refractivity contribution in [3.05, 3.63) is 12.2 Å². The summed E-state index contributed by atoms with van der Waals surface area (Å²) in [5, 5.41) is 0. The molecule has 12 heavy (non-hydrogen) atoms. The molecule has 0 spiro atoms. The molecule has 0 radical (unpaired) electrons. The zero-order valence-electron chi connectivity index (χ0n) is 8.98. The van der Waals surface area contributed by atoms with Gasteiger partial charge in [0.2, 0.25) is 0 Å². The van der Waals surface area contributed by atoms with Crippen molar-refractivity contribution < 1.29 is 0 Å². The van der Waals surface area contributed by atoms with Crippen LogP contribution in [0.2, 0.25) is 0 Å². The summed E-state index contributed by atoms with van der Waals surface area (Å²) in [5.41, 5.74) is 1.89. The fraction of sp³-hybridized carbons (Fsp3) is 0.833. The van der Waals surface area contributed by atoms with Crippen molar-refractivity contribution in [1.82, 2.24) is 0 Å². The van der Waals surface area contributed by atoms with Gasteiger partial charge >= 0.3 is 0 Å². The third kappa shape index (κ3) is 2.12. The number of hydrogen-bond donors (Lipinski definition) is 0. The molecular formula is C12H22. The smallest absolute Gasteiger partial charge is 0.0206 e. The maximum atomic E-state index is 4.05. The largest absolute Gasteiger partial charge is 0.0999 e. The van der Waals surface area contributed by atoms with Gasteiger partial charge in [-0.15, -0.1) is 0 Å². The van der Waals surface area contributed by atoms with Gasteiger partial charge in [-0.1, -0.05) is 32.9 Å². The van der Waals surface area contributed by atoms with E-state index in [0.29, 0.717) is 5.41 Å². The topological polar surface area (TPSA) is 0 Å². The molecule has 1 rings (SSSR count). The van der Waals surface area contributed by atoms with Crippen molar-refractivity contribution in [2.75, 3.05) is 0 Å². The molecule has 0 bridgehead atoms. The van der Waals surface area contributed by atoms with Crippen molar-refractivity contribution in [3.8, 4) is 0 Å². The Bertz CT molecular complexity index is 171. The standard InChI is InChI=1S/C12H22/c1-9(2)10-6-7-11(8-10)12(3,4)5/h10-11H,1,6-8H2,2-5H3. The average molecular weight is 166 g/mol. The third-order valence-corrected chi connectivity index (χ3v) is 3.35. The molecule has 0 heterocycles. The van der Waals surface area contributed by atoms with E-state index in [1.54, 1.807) is 0 Å². The first-order valence-electron chi connectivity index (χ1n) is 5.06. The summed E-state index contributed by atoms with van der Waals surface area (Å²) in [7, 11) is 0. The molecule has 0 aromatic heterocycles. The summed E-state index contributed by atoms with van der Waals surface area (Å²) in [6, 6.07) is 0. The van der Waals surface area contributed by atoms with Crippen LogP contribution in [-0.4, -0.2) is 0 Å². The van der Waals surface area contributed by atoms with Gasteiger partial charge in [0, 0.05) is 0 Å². The van der Waals surface area contributed by atoms with E-state index in [1.165, 1.54) is 24.8 Å². The van der Waals surface area contributed by atoms with E-state index in [9.17, 15) is 0 Å². The zero-order chi connectivity index (χ0) is 9.35. The summed E-state index contributed by atoms with van der Waals surface area (Å²) < 4.78 is 0. The normalized spacial score (nSPS) is 30.7. The van der Waals surface area contributed by atoms with Crippen LogP contribution in [0.15, 0.2) is 12.2 Å². The van der Waals surface area contributed by atoms with Gasteiger partial charge in [0.1, 0.15) is 0 Å². The second kappa shape index (κ2) is 3.24. The second-order valence-corrected chi connectivity index (χ2v) is 5.42. The van der Waals surface area contributed by atoms with Crippen LogP contribution in [0.5, 0.6) is 0 Å². The predicted molar refractivity (Wildman–Crippen MR) is 55.1 cm³/mol. The van der Waals surface area contributed by atoms with Gasteiger partial charge in [0.25, 0.3) is 0 Å². The van der Waals surface area contributed by atoms with Crippen LogP contribution < -0.4 is 0 Å². The van der Waals surface area contributed by atoms with E-state index in [2.05, 4.69) is 34.3 Å². The molecule has 2 atom stereocenters. The number of allylic oxidation sites excluding steroid dienone is 1. The van der Waals surface area contributed by atoms with Crippen molar-refractivity contribution in [2.45, 2.75) is 47.0 Å². The van der Waals surface area contributed by atoms with Crippen LogP contribution in [0.3, 0.4) is 0 Å². The van der Waals surface area contributed by atoms with Crippen molar-refractivity contribution in [1.29, 1.82) is 0 Å². The van der Waals surface area contributed by atoms with Gasteiger partial charge in [0.15, 0.2) is 0 Å². The van der Waals surface area contributed by atoms with E-state index < -0.39 is 0 Å². The Kier molecular flexibility index (Phi) is 2.65. The zero-order valence-corrected chi connectivity index (χ0v) is 8.98. The summed E-state index contributed by atoms with van der Waals surface area (Å²) in [6.07, 6.45) is 4.15. The summed E-state index contributed by atoms with van der Waals surface area (Å²) >= 11 is 0. The molecule has 1 aliphatic rings. The molecule has 0 nitrogen and oxygen atoms in total. The fourth-order valence-corrected chi connectivity index (χ4v) is 2.22. The molecule has 0 amide bonds. The molecule has 1 aliphatic carbocycles. The highest BCUT2D eigenvalue weighted by atomic mass is 14.4. The van der Waals surface area contributed by atoms with Crippen LogP contribution >= 0.6 is 0 Å². The van der Waals surface area contributed by atoms with Crippen LogP contribution in [0.1, 0.15) is 47.0 Å². The summed E-state index contributed by atoms with van der Waals surface area (Å²) in [4.78, 5) is 0. The molecule has 2 unspecified atom stereocenters. The quantitative estimate of drug-likeness (QED) is 0.516.